The van der Waals surface area contributed by atoms with Crippen LogP contribution in [0.4, 0.5) is 13.2 Å². The van der Waals surface area contributed by atoms with Gasteiger partial charge in [-0.25, -0.2) is 13.2 Å². The molecule has 0 bridgehead atoms. The van der Waals surface area contributed by atoms with Crippen LogP contribution in [0.2, 0.25) is 0 Å². The Balaban J connectivity index is 2.41. The van der Waals surface area contributed by atoms with Crippen LogP contribution in [0.15, 0.2) is 12.1 Å². The second-order valence-corrected chi connectivity index (χ2v) is 4.31. The lowest BCUT2D eigenvalue weighted by Crippen LogP contribution is -2.43. The maximum atomic E-state index is 13.1. The van der Waals surface area contributed by atoms with Crippen molar-refractivity contribution in [1.82, 2.24) is 5.32 Å². The van der Waals surface area contributed by atoms with Gasteiger partial charge in [-0.05, 0) is 17.7 Å². The summed E-state index contributed by atoms with van der Waals surface area (Å²) in [6.45, 7) is 1.55. The lowest BCUT2D eigenvalue weighted by Gasteiger charge is -2.27. The predicted octanol–water partition coefficient (Wildman–Crippen LogP) is 1.87. The molecule has 1 fully saturated rings. The highest BCUT2D eigenvalue weighted by Gasteiger charge is 2.34. The third-order valence-electron chi connectivity index (χ3n) is 3.12. The average molecular weight is 257 g/mol. The third-order valence-corrected chi connectivity index (χ3v) is 3.12. The molecule has 2 rings (SSSR count). The summed E-state index contributed by atoms with van der Waals surface area (Å²) in [4.78, 5) is 22.7. The minimum Gasteiger partial charge on any atom is -0.296 e. The van der Waals surface area contributed by atoms with Crippen LogP contribution in [0.25, 0.3) is 0 Å². The topological polar surface area (TPSA) is 46.2 Å². The van der Waals surface area contributed by atoms with Gasteiger partial charge in [0, 0.05) is 18.3 Å². The molecule has 1 aliphatic heterocycles. The van der Waals surface area contributed by atoms with Gasteiger partial charge in [-0.15, -0.1) is 0 Å². The molecule has 0 spiro atoms. The summed E-state index contributed by atoms with van der Waals surface area (Å²) < 4.78 is 39.1. The normalized spacial score (nSPS) is 24.0. The quantitative estimate of drug-likeness (QED) is 0.616. The van der Waals surface area contributed by atoms with Gasteiger partial charge in [-0.1, -0.05) is 6.92 Å². The van der Waals surface area contributed by atoms with Crippen LogP contribution in [-0.4, -0.2) is 11.8 Å². The van der Waals surface area contributed by atoms with Crippen molar-refractivity contribution in [1.29, 1.82) is 0 Å². The van der Waals surface area contributed by atoms with Gasteiger partial charge < -0.3 is 0 Å². The van der Waals surface area contributed by atoms with Gasteiger partial charge in [0.2, 0.25) is 11.8 Å². The number of imide groups is 1. The van der Waals surface area contributed by atoms with Crippen molar-refractivity contribution < 1.29 is 22.8 Å². The lowest BCUT2D eigenvalue weighted by atomic mass is 9.81. The zero-order chi connectivity index (χ0) is 13.4. The summed E-state index contributed by atoms with van der Waals surface area (Å²) >= 11 is 0. The monoisotopic (exact) mass is 257 g/mol. The van der Waals surface area contributed by atoms with E-state index >= 15 is 0 Å². The Morgan fingerprint density at radius 1 is 1.17 bits per heavy atom. The van der Waals surface area contributed by atoms with Crippen LogP contribution in [0, 0.1) is 23.4 Å². The second kappa shape index (κ2) is 4.44. The largest absolute Gasteiger partial charge is 0.296 e. The summed E-state index contributed by atoms with van der Waals surface area (Å²) in [6.07, 6.45) is -0.0581. The number of hydrogen-bond acceptors (Lipinski definition) is 2. The first-order chi connectivity index (χ1) is 8.40. The second-order valence-electron chi connectivity index (χ2n) is 4.31. The van der Waals surface area contributed by atoms with Crippen molar-refractivity contribution in [3.8, 4) is 0 Å². The zero-order valence-electron chi connectivity index (χ0n) is 9.47. The molecule has 18 heavy (non-hydrogen) atoms. The maximum absolute atomic E-state index is 13.1. The molecular weight excluding hydrogens is 247 g/mol. The van der Waals surface area contributed by atoms with Gasteiger partial charge in [-0.3, -0.25) is 14.9 Å². The van der Waals surface area contributed by atoms with Crippen molar-refractivity contribution in [3.63, 3.8) is 0 Å². The van der Waals surface area contributed by atoms with Crippen molar-refractivity contribution in [2.45, 2.75) is 19.3 Å². The van der Waals surface area contributed by atoms with E-state index < -0.39 is 41.1 Å². The molecule has 1 aliphatic rings. The van der Waals surface area contributed by atoms with Gasteiger partial charge in [0.15, 0.2) is 17.5 Å². The molecule has 2 amide bonds. The van der Waals surface area contributed by atoms with Crippen LogP contribution in [-0.2, 0) is 9.59 Å². The fraction of sp³-hybridized carbons (Fsp3) is 0.333. The van der Waals surface area contributed by atoms with E-state index in [4.69, 9.17) is 0 Å². The van der Waals surface area contributed by atoms with E-state index in [9.17, 15) is 22.8 Å². The molecule has 1 aromatic carbocycles. The van der Waals surface area contributed by atoms with E-state index in [1.807, 2.05) is 0 Å². The van der Waals surface area contributed by atoms with E-state index in [-0.39, 0.29) is 12.0 Å². The fourth-order valence-electron chi connectivity index (χ4n) is 2.06. The van der Waals surface area contributed by atoms with Gasteiger partial charge in [0.05, 0.1) is 0 Å². The number of amides is 2. The summed E-state index contributed by atoms with van der Waals surface area (Å²) in [5.41, 5.74) is 0.113. The molecule has 0 aromatic heterocycles. The Morgan fingerprint density at radius 2 is 1.72 bits per heavy atom. The third kappa shape index (κ3) is 2.10. The Bertz CT molecular complexity index is 507. The number of hydrogen-bond donors (Lipinski definition) is 1. The number of rotatable bonds is 1. The molecule has 1 heterocycles. The van der Waals surface area contributed by atoms with Gasteiger partial charge in [-0.2, -0.15) is 0 Å². The molecule has 0 aliphatic carbocycles. The first-order valence-electron chi connectivity index (χ1n) is 5.38. The van der Waals surface area contributed by atoms with Crippen molar-refractivity contribution in [2.75, 3.05) is 0 Å². The molecular formula is C12H10F3NO2. The fourth-order valence-corrected chi connectivity index (χ4v) is 2.06. The first kappa shape index (κ1) is 12.6. The van der Waals surface area contributed by atoms with Crippen LogP contribution in [0.3, 0.4) is 0 Å². The van der Waals surface area contributed by atoms with Gasteiger partial charge in [0.1, 0.15) is 0 Å². The van der Waals surface area contributed by atoms with Crippen molar-refractivity contribution >= 4 is 11.8 Å². The zero-order valence-corrected chi connectivity index (χ0v) is 9.47. The molecule has 6 heteroatoms. The maximum Gasteiger partial charge on any atom is 0.230 e. The van der Waals surface area contributed by atoms with E-state index in [1.165, 1.54) is 0 Å². The Hall–Kier alpha value is -1.85. The van der Waals surface area contributed by atoms with Crippen LogP contribution in [0.5, 0.6) is 0 Å². The summed E-state index contributed by atoms with van der Waals surface area (Å²) in [5.74, 6) is -6.46. The SMILES string of the molecule is CC1C(=O)NC(=O)CC1c1cc(F)c(F)c(F)c1. The highest BCUT2D eigenvalue weighted by molar-refractivity contribution is 5.99. The summed E-state index contributed by atoms with van der Waals surface area (Å²) in [6, 6.07) is 1.65. The molecule has 2 atom stereocenters. The number of piperidine rings is 1. The summed E-state index contributed by atoms with van der Waals surface area (Å²) in [7, 11) is 0. The molecule has 0 saturated carbocycles. The standard InChI is InChI=1S/C12H10F3NO2/c1-5-7(4-10(17)16-12(5)18)6-2-8(13)11(15)9(14)3-6/h2-3,5,7H,4H2,1H3,(H,16,17,18). The van der Waals surface area contributed by atoms with Crippen LogP contribution >= 0.6 is 0 Å². The number of carbonyl (C=O) groups excluding carboxylic acids is 2. The van der Waals surface area contributed by atoms with E-state index in [1.54, 1.807) is 6.92 Å². The summed E-state index contributed by atoms with van der Waals surface area (Å²) in [5, 5.41) is 2.13. The first-order valence-corrected chi connectivity index (χ1v) is 5.38. The molecule has 3 nitrogen and oxygen atoms in total. The molecule has 1 N–H and O–H groups in total. The molecule has 1 saturated heterocycles. The Labute approximate surface area is 101 Å². The van der Waals surface area contributed by atoms with E-state index in [0.717, 1.165) is 12.1 Å². The Kier molecular flexibility index (Phi) is 3.11. The number of halogens is 3. The Morgan fingerprint density at radius 3 is 2.28 bits per heavy atom. The minimum atomic E-state index is -1.56. The smallest absolute Gasteiger partial charge is 0.230 e. The highest BCUT2D eigenvalue weighted by Crippen LogP contribution is 2.32. The predicted molar refractivity (Wildman–Crippen MR) is 56.0 cm³/mol. The number of carbonyl (C=O) groups is 2. The number of benzene rings is 1. The van der Waals surface area contributed by atoms with Gasteiger partial charge >= 0.3 is 0 Å². The van der Waals surface area contributed by atoms with Gasteiger partial charge in [0.25, 0.3) is 0 Å². The lowest BCUT2D eigenvalue weighted by molar-refractivity contribution is -0.136. The molecule has 0 radical (unpaired) electrons. The van der Waals surface area contributed by atoms with Crippen LogP contribution < -0.4 is 5.32 Å². The van der Waals surface area contributed by atoms with E-state index in [0.29, 0.717) is 0 Å². The average Bonchev–Trinajstić information content (AvgIpc) is 2.30. The molecule has 1 aromatic rings. The molecule has 96 valence electrons. The van der Waals surface area contributed by atoms with Crippen molar-refractivity contribution in [3.05, 3.63) is 35.1 Å². The van der Waals surface area contributed by atoms with Crippen molar-refractivity contribution in [2.24, 2.45) is 5.92 Å². The van der Waals surface area contributed by atoms with Crippen LogP contribution in [0.1, 0.15) is 24.8 Å². The molecule has 2 unspecified atom stereocenters. The minimum absolute atomic E-state index is 0.0581. The highest BCUT2D eigenvalue weighted by atomic mass is 19.2. The number of nitrogens with one attached hydrogen (secondary N) is 1. The van der Waals surface area contributed by atoms with E-state index in [2.05, 4.69) is 5.32 Å².